The summed E-state index contributed by atoms with van der Waals surface area (Å²) in [5.74, 6) is 0. The molecule has 0 aromatic rings. The number of amides is 1. The average Bonchev–Trinajstić information content (AvgIpc) is 2.70. The van der Waals surface area contributed by atoms with Gasteiger partial charge in [0.05, 0.1) is 19.1 Å². The lowest BCUT2D eigenvalue weighted by atomic mass is 10.0. The predicted molar refractivity (Wildman–Crippen MR) is 56.5 cm³/mol. The summed E-state index contributed by atoms with van der Waals surface area (Å²) >= 11 is 0. The number of hydrogen-bond donors (Lipinski definition) is 2. The van der Waals surface area contributed by atoms with Gasteiger partial charge in [-0.15, -0.1) is 0 Å². The molecule has 1 aliphatic heterocycles. The van der Waals surface area contributed by atoms with E-state index in [4.69, 9.17) is 4.74 Å². The SMILES string of the molecule is CC(C)(C)OC(=O)N[C@@H]1C[NH2+]CC12CC2. The molecule has 1 atom stereocenters. The van der Waals surface area contributed by atoms with Gasteiger partial charge >= 0.3 is 6.09 Å². The summed E-state index contributed by atoms with van der Waals surface area (Å²) in [5, 5.41) is 5.28. The lowest BCUT2D eigenvalue weighted by Crippen LogP contribution is -2.82. The molecule has 0 aromatic carbocycles. The number of quaternary nitrogens is 1. The third kappa shape index (κ3) is 2.43. The third-order valence-corrected chi connectivity index (χ3v) is 3.28. The summed E-state index contributed by atoms with van der Waals surface area (Å²) in [4.78, 5) is 11.6. The number of alkyl carbamates (subject to hydrolysis) is 1. The van der Waals surface area contributed by atoms with Crippen molar-refractivity contribution in [3.05, 3.63) is 0 Å². The Bertz CT molecular complexity index is 266. The van der Waals surface area contributed by atoms with Crippen LogP contribution in [0.4, 0.5) is 4.79 Å². The summed E-state index contributed by atoms with van der Waals surface area (Å²) in [6, 6.07) is 0.312. The maximum Gasteiger partial charge on any atom is 0.408 e. The van der Waals surface area contributed by atoms with E-state index in [1.807, 2.05) is 20.8 Å². The molecule has 86 valence electrons. The molecule has 1 heterocycles. The Morgan fingerprint density at radius 2 is 2.13 bits per heavy atom. The fraction of sp³-hybridized carbons (Fsp3) is 0.909. The molecule has 3 N–H and O–H groups in total. The number of rotatable bonds is 1. The molecule has 1 saturated carbocycles. The minimum atomic E-state index is -0.400. The van der Waals surface area contributed by atoms with Gasteiger partial charge < -0.3 is 15.4 Å². The van der Waals surface area contributed by atoms with Crippen LogP contribution >= 0.6 is 0 Å². The Morgan fingerprint density at radius 1 is 1.47 bits per heavy atom. The summed E-state index contributed by atoms with van der Waals surface area (Å²) in [5.41, 5.74) is 0.0000203. The van der Waals surface area contributed by atoms with E-state index < -0.39 is 5.60 Å². The van der Waals surface area contributed by atoms with Crippen molar-refractivity contribution in [3.63, 3.8) is 0 Å². The normalized spacial score (nSPS) is 27.8. The summed E-state index contributed by atoms with van der Waals surface area (Å²) < 4.78 is 5.26. The maximum absolute atomic E-state index is 11.6. The van der Waals surface area contributed by atoms with Gasteiger partial charge in [-0.05, 0) is 33.6 Å². The Balaban J connectivity index is 1.84. The van der Waals surface area contributed by atoms with Crippen LogP contribution < -0.4 is 10.6 Å². The first kappa shape index (κ1) is 10.7. The number of carbonyl (C=O) groups is 1. The van der Waals surface area contributed by atoms with Crippen LogP contribution in [0.1, 0.15) is 33.6 Å². The lowest BCUT2D eigenvalue weighted by Gasteiger charge is -2.22. The molecule has 4 heteroatoms. The second-order valence-electron chi connectivity index (χ2n) is 5.79. The van der Waals surface area contributed by atoms with Gasteiger partial charge in [-0.3, -0.25) is 0 Å². The van der Waals surface area contributed by atoms with Crippen LogP contribution in [-0.2, 0) is 4.74 Å². The van der Waals surface area contributed by atoms with E-state index in [1.165, 1.54) is 12.8 Å². The van der Waals surface area contributed by atoms with Gasteiger partial charge in [0.15, 0.2) is 0 Å². The molecule has 1 aliphatic carbocycles. The van der Waals surface area contributed by atoms with E-state index >= 15 is 0 Å². The van der Waals surface area contributed by atoms with Crippen molar-refractivity contribution in [2.24, 2.45) is 5.41 Å². The van der Waals surface area contributed by atoms with E-state index in [-0.39, 0.29) is 6.09 Å². The van der Waals surface area contributed by atoms with Crippen molar-refractivity contribution in [3.8, 4) is 0 Å². The molecule has 15 heavy (non-hydrogen) atoms. The fourth-order valence-corrected chi connectivity index (χ4v) is 2.30. The molecule has 1 saturated heterocycles. The molecule has 2 fully saturated rings. The van der Waals surface area contributed by atoms with Gasteiger partial charge in [0.25, 0.3) is 0 Å². The zero-order chi connectivity index (χ0) is 11.1. The Labute approximate surface area is 90.8 Å². The summed E-state index contributed by atoms with van der Waals surface area (Å²) in [7, 11) is 0. The van der Waals surface area contributed by atoms with Gasteiger partial charge in [0.1, 0.15) is 5.60 Å². The highest BCUT2D eigenvalue weighted by atomic mass is 16.6. The first-order chi connectivity index (χ1) is 6.91. The molecule has 0 aromatic heterocycles. The minimum Gasteiger partial charge on any atom is -0.444 e. The van der Waals surface area contributed by atoms with Gasteiger partial charge in [0.2, 0.25) is 0 Å². The maximum atomic E-state index is 11.6. The van der Waals surface area contributed by atoms with Crippen LogP contribution in [0.25, 0.3) is 0 Å². The Hall–Kier alpha value is -0.770. The number of nitrogens with two attached hydrogens (primary N) is 1. The Morgan fingerprint density at radius 3 is 2.67 bits per heavy atom. The second kappa shape index (κ2) is 3.37. The van der Waals surface area contributed by atoms with Crippen molar-refractivity contribution in [1.82, 2.24) is 5.32 Å². The van der Waals surface area contributed by atoms with Crippen LogP contribution in [-0.4, -0.2) is 30.8 Å². The van der Waals surface area contributed by atoms with E-state index in [0.717, 1.165) is 13.1 Å². The van der Waals surface area contributed by atoms with E-state index in [9.17, 15) is 4.79 Å². The van der Waals surface area contributed by atoms with Crippen molar-refractivity contribution < 1.29 is 14.8 Å². The molecule has 0 radical (unpaired) electrons. The number of ether oxygens (including phenoxy) is 1. The zero-order valence-corrected chi connectivity index (χ0v) is 9.80. The monoisotopic (exact) mass is 213 g/mol. The van der Waals surface area contributed by atoms with Gasteiger partial charge in [-0.25, -0.2) is 4.79 Å². The molecule has 2 aliphatic rings. The van der Waals surface area contributed by atoms with Crippen LogP contribution in [0, 0.1) is 5.41 Å². The van der Waals surface area contributed by atoms with Gasteiger partial charge in [-0.2, -0.15) is 0 Å². The highest BCUT2D eigenvalue weighted by Gasteiger charge is 2.56. The molecule has 4 nitrogen and oxygen atoms in total. The molecular formula is C11H21N2O2+. The number of carbonyl (C=O) groups excluding carboxylic acids is 1. The number of hydrogen-bond acceptors (Lipinski definition) is 2. The zero-order valence-electron chi connectivity index (χ0n) is 9.80. The third-order valence-electron chi connectivity index (χ3n) is 3.28. The van der Waals surface area contributed by atoms with Gasteiger partial charge in [0, 0.05) is 5.41 Å². The van der Waals surface area contributed by atoms with E-state index in [0.29, 0.717) is 11.5 Å². The van der Waals surface area contributed by atoms with Crippen molar-refractivity contribution in [2.45, 2.75) is 45.3 Å². The van der Waals surface area contributed by atoms with Crippen LogP contribution in [0.2, 0.25) is 0 Å². The smallest absolute Gasteiger partial charge is 0.408 e. The quantitative estimate of drug-likeness (QED) is 0.655. The highest BCUT2D eigenvalue weighted by molar-refractivity contribution is 5.68. The first-order valence-electron chi connectivity index (χ1n) is 5.73. The molecule has 0 bridgehead atoms. The van der Waals surface area contributed by atoms with Crippen molar-refractivity contribution >= 4 is 6.09 Å². The molecule has 1 amide bonds. The minimum absolute atomic E-state index is 0.269. The largest absolute Gasteiger partial charge is 0.444 e. The predicted octanol–water partition coefficient (Wildman–Crippen LogP) is 0.237. The van der Waals surface area contributed by atoms with E-state index in [2.05, 4.69) is 10.6 Å². The topological polar surface area (TPSA) is 54.9 Å². The molecular weight excluding hydrogens is 192 g/mol. The van der Waals surface area contributed by atoms with Crippen LogP contribution in [0.5, 0.6) is 0 Å². The second-order valence-corrected chi connectivity index (χ2v) is 5.79. The first-order valence-corrected chi connectivity index (χ1v) is 5.73. The van der Waals surface area contributed by atoms with Gasteiger partial charge in [-0.1, -0.05) is 0 Å². The summed E-state index contributed by atoms with van der Waals surface area (Å²) in [6.45, 7) is 7.83. The Kier molecular flexibility index (Phi) is 2.41. The average molecular weight is 213 g/mol. The highest BCUT2D eigenvalue weighted by Crippen LogP contribution is 2.48. The number of nitrogens with one attached hydrogen (secondary N) is 1. The molecule has 1 spiro atoms. The molecule has 0 unspecified atom stereocenters. The van der Waals surface area contributed by atoms with Crippen molar-refractivity contribution in [2.75, 3.05) is 13.1 Å². The standard InChI is InChI=1S/C11H20N2O2/c1-10(2,3)15-9(14)13-8-6-12-7-11(8)4-5-11/h8,12H,4-7H2,1-3H3,(H,13,14)/p+1/t8-/m1/s1. The van der Waals surface area contributed by atoms with Crippen LogP contribution in [0.15, 0.2) is 0 Å². The van der Waals surface area contributed by atoms with Crippen LogP contribution in [0.3, 0.4) is 0 Å². The summed E-state index contributed by atoms with van der Waals surface area (Å²) in [6.07, 6.45) is 2.24. The molecule has 2 rings (SSSR count). The van der Waals surface area contributed by atoms with Crippen molar-refractivity contribution in [1.29, 1.82) is 0 Å². The lowest BCUT2D eigenvalue weighted by molar-refractivity contribution is -0.639. The van der Waals surface area contributed by atoms with E-state index in [1.54, 1.807) is 0 Å². The fourth-order valence-electron chi connectivity index (χ4n) is 2.30.